The number of nitrogens with zero attached hydrogens (tertiary/aromatic N) is 9. The zero-order valence-corrected chi connectivity index (χ0v) is 31.0. The smallest absolute Gasteiger partial charge is 0.336 e. The minimum Gasteiger partial charge on any atom is -0.508 e. The Labute approximate surface area is 325 Å². The van der Waals surface area contributed by atoms with Gasteiger partial charge in [-0.15, -0.1) is 5.10 Å². The van der Waals surface area contributed by atoms with Gasteiger partial charge in [-0.25, -0.2) is 9.48 Å². The van der Waals surface area contributed by atoms with E-state index >= 15 is 0 Å². The first-order valence-electron chi connectivity index (χ1n) is 18.8. The van der Waals surface area contributed by atoms with Crippen LogP contribution in [0, 0.1) is 0 Å². The number of morpholine rings is 1. The molecule has 1 aliphatic carbocycles. The van der Waals surface area contributed by atoms with E-state index in [4.69, 9.17) is 29.8 Å². The molecule has 294 valence electrons. The molecule has 2 fully saturated rings. The lowest BCUT2D eigenvalue weighted by Gasteiger charge is -2.35. The second kappa shape index (κ2) is 16.2. The number of aromatic carboxylic acids is 1. The third-order valence-electron chi connectivity index (χ3n) is 10.0. The Kier molecular flexibility index (Phi) is 10.6. The Morgan fingerprint density at radius 3 is 2.37 bits per heavy atom. The molecule has 1 amide bonds. The highest BCUT2D eigenvalue weighted by molar-refractivity contribution is 6.08. The van der Waals surface area contributed by atoms with Crippen LogP contribution in [0.4, 0.5) is 23.5 Å². The molecule has 0 saturated carbocycles. The van der Waals surface area contributed by atoms with Crippen LogP contribution in [0.2, 0.25) is 0 Å². The van der Waals surface area contributed by atoms with E-state index in [0.29, 0.717) is 104 Å². The quantitative estimate of drug-likeness (QED) is 0.103. The van der Waals surface area contributed by atoms with E-state index in [9.17, 15) is 24.6 Å². The van der Waals surface area contributed by atoms with Crippen LogP contribution in [-0.2, 0) is 22.5 Å². The first-order chi connectivity index (χ1) is 27.7. The number of aryl methyl sites for hydroxylation is 1. The fourth-order valence-electron chi connectivity index (χ4n) is 7.13. The Balaban J connectivity index is 1.05. The lowest BCUT2D eigenvalue weighted by atomic mass is 9.90. The van der Waals surface area contributed by atoms with Gasteiger partial charge in [-0.2, -0.15) is 15.0 Å². The van der Waals surface area contributed by atoms with Gasteiger partial charge in [-0.1, -0.05) is 11.3 Å². The number of amides is 1. The molecular weight excluding hydrogens is 734 g/mol. The number of nitrogens with one attached hydrogen (secondary N) is 1. The largest absolute Gasteiger partial charge is 0.508 e. The molecule has 8 rings (SSSR count). The highest BCUT2D eigenvalue weighted by Crippen LogP contribution is 2.42. The Morgan fingerprint density at radius 2 is 1.61 bits per heavy atom. The molecule has 4 aliphatic rings. The summed E-state index contributed by atoms with van der Waals surface area (Å²) in [6, 6.07) is 13.8. The third-order valence-corrected chi connectivity index (χ3v) is 10.0. The average Bonchev–Trinajstić information content (AvgIpc) is 3.67. The lowest BCUT2D eigenvalue weighted by Crippen LogP contribution is -2.50. The molecule has 0 bridgehead atoms. The zero-order chi connectivity index (χ0) is 39.5. The SMILES string of the molecule is NCCCCc1cn(CC(=O)N2CCN(c3nc(Nc4ccc(-c5c6ccc(=O)cc-6oc6cc(O)ccc56)c(C(=O)O)c4)nc(N4CCOCC4)n3)CC2)nn1. The number of hydrogen-bond donors (Lipinski definition) is 4. The number of carbonyl (C=O) groups is 2. The molecule has 5 N–H and O–H groups in total. The normalized spacial score (nSPS) is 14.7. The topological polar surface area (TPSA) is 231 Å². The number of phenolic OH excluding ortho intramolecular Hbond substituents is 1. The molecule has 18 nitrogen and oxygen atoms in total. The molecule has 3 aliphatic heterocycles. The molecule has 2 aromatic heterocycles. The van der Waals surface area contributed by atoms with E-state index in [2.05, 4.69) is 15.6 Å². The molecule has 0 radical (unpaired) electrons. The third kappa shape index (κ3) is 8.17. The summed E-state index contributed by atoms with van der Waals surface area (Å²) in [5, 5.41) is 32.8. The molecule has 18 heteroatoms. The number of ether oxygens (including phenoxy) is 1. The van der Waals surface area contributed by atoms with Crippen molar-refractivity contribution in [2.24, 2.45) is 5.73 Å². The maximum Gasteiger partial charge on any atom is 0.336 e. The molecule has 2 aromatic carbocycles. The number of unbranched alkanes of at least 4 members (excludes halogenated alkanes) is 1. The summed E-state index contributed by atoms with van der Waals surface area (Å²) in [5.74, 6) is 0.0532. The molecule has 4 aromatic rings. The summed E-state index contributed by atoms with van der Waals surface area (Å²) in [5.41, 5.74) is 8.30. The highest BCUT2D eigenvalue weighted by atomic mass is 16.5. The van der Waals surface area contributed by atoms with Crippen molar-refractivity contribution in [3.63, 3.8) is 0 Å². The van der Waals surface area contributed by atoms with Crippen molar-refractivity contribution in [1.29, 1.82) is 0 Å². The van der Waals surface area contributed by atoms with Gasteiger partial charge < -0.3 is 45.1 Å². The fraction of sp³-hybridized carbons (Fsp3) is 0.333. The summed E-state index contributed by atoms with van der Waals surface area (Å²) in [6.45, 7) is 4.78. The Bertz CT molecular complexity index is 2460. The van der Waals surface area contributed by atoms with E-state index in [-0.39, 0.29) is 40.9 Å². The van der Waals surface area contributed by atoms with Gasteiger partial charge in [0.15, 0.2) is 5.43 Å². The van der Waals surface area contributed by atoms with Gasteiger partial charge >= 0.3 is 5.97 Å². The number of nitrogens with two attached hydrogens (primary N) is 1. The Hall–Kier alpha value is -6.66. The minimum atomic E-state index is -1.18. The van der Waals surface area contributed by atoms with E-state index in [1.807, 2.05) is 16.0 Å². The number of carbonyl (C=O) groups excluding carboxylic acids is 1. The number of piperazine rings is 1. The van der Waals surface area contributed by atoms with Crippen LogP contribution >= 0.6 is 0 Å². The average molecular weight is 776 g/mol. The van der Waals surface area contributed by atoms with Crippen molar-refractivity contribution in [3.8, 4) is 28.2 Å². The van der Waals surface area contributed by atoms with Crippen LogP contribution in [0.15, 0.2) is 70.0 Å². The standard InChI is InChI=1S/C39H41N11O7/c40-10-2-1-3-25-22-50(46-45-25)23-34(53)47-11-13-48(14-12-47)38-42-37(43-39(44-38)49-15-17-56-18-16-49)41-24-4-7-28(31(19-24)36(54)55)35-29-8-5-26(51)20-32(29)57-33-21-27(52)6-9-30(33)35/h4-9,19-22,51H,1-3,10-18,23,40H2,(H,54,55)(H,41,42,43,44). The molecule has 57 heavy (non-hydrogen) atoms. The van der Waals surface area contributed by atoms with Crippen molar-refractivity contribution < 1.29 is 29.0 Å². The van der Waals surface area contributed by atoms with Crippen molar-refractivity contribution >= 4 is 46.4 Å². The molecule has 2 saturated heterocycles. The summed E-state index contributed by atoms with van der Waals surface area (Å²) < 4.78 is 13.1. The fourth-order valence-corrected chi connectivity index (χ4v) is 7.13. The molecular formula is C39H41N11O7. The summed E-state index contributed by atoms with van der Waals surface area (Å²) in [7, 11) is 0. The second-order valence-corrected chi connectivity index (χ2v) is 13.9. The minimum absolute atomic E-state index is 0.0229. The first-order valence-corrected chi connectivity index (χ1v) is 18.8. The summed E-state index contributed by atoms with van der Waals surface area (Å²) in [4.78, 5) is 58.4. The van der Waals surface area contributed by atoms with Gasteiger partial charge in [0.2, 0.25) is 23.8 Å². The number of aromatic nitrogens is 6. The van der Waals surface area contributed by atoms with Crippen molar-refractivity contribution in [2.45, 2.75) is 25.8 Å². The predicted molar refractivity (Wildman–Crippen MR) is 210 cm³/mol. The lowest BCUT2D eigenvalue weighted by molar-refractivity contribution is -0.132. The van der Waals surface area contributed by atoms with Gasteiger partial charge in [0.1, 0.15) is 23.6 Å². The monoisotopic (exact) mass is 775 g/mol. The second-order valence-electron chi connectivity index (χ2n) is 13.9. The summed E-state index contributed by atoms with van der Waals surface area (Å²) >= 11 is 0. The van der Waals surface area contributed by atoms with Crippen LogP contribution in [0.25, 0.3) is 33.4 Å². The molecule has 0 spiro atoms. The van der Waals surface area contributed by atoms with Crippen LogP contribution in [0.1, 0.15) is 28.9 Å². The Morgan fingerprint density at radius 1 is 0.860 bits per heavy atom. The van der Waals surface area contributed by atoms with Crippen molar-refractivity contribution in [2.75, 3.05) is 74.1 Å². The van der Waals surface area contributed by atoms with Gasteiger partial charge in [0.25, 0.3) is 0 Å². The van der Waals surface area contributed by atoms with E-state index < -0.39 is 5.97 Å². The van der Waals surface area contributed by atoms with Gasteiger partial charge in [-0.3, -0.25) is 9.59 Å². The first kappa shape index (κ1) is 37.3. The maximum absolute atomic E-state index is 13.2. The molecule has 0 atom stereocenters. The number of benzene rings is 3. The number of phenols is 1. The number of carboxylic acids is 1. The number of hydrogen-bond acceptors (Lipinski definition) is 15. The zero-order valence-electron chi connectivity index (χ0n) is 31.0. The highest BCUT2D eigenvalue weighted by Gasteiger charge is 2.27. The number of anilines is 4. The number of carboxylic acid groups (broad SMARTS) is 1. The predicted octanol–water partition coefficient (Wildman–Crippen LogP) is 2.96. The number of aromatic hydroxyl groups is 1. The van der Waals surface area contributed by atoms with Gasteiger partial charge in [-0.05, 0) is 67.8 Å². The van der Waals surface area contributed by atoms with Crippen LogP contribution in [-0.4, -0.2) is 116 Å². The van der Waals surface area contributed by atoms with Crippen LogP contribution in [0.5, 0.6) is 5.75 Å². The molecule has 0 unspecified atom stereocenters. The van der Waals surface area contributed by atoms with Crippen LogP contribution in [0.3, 0.4) is 0 Å². The van der Waals surface area contributed by atoms with Crippen molar-refractivity contribution in [1.82, 2.24) is 34.8 Å². The van der Waals surface area contributed by atoms with E-state index in [0.717, 1.165) is 25.0 Å². The van der Waals surface area contributed by atoms with E-state index in [1.54, 1.807) is 33.8 Å². The van der Waals surface area contributed by atoms with Gasteiger partial charge in [0, 0.05) is 79.8 Å². The number of fused-ring (bicyclic) bond motifs is 2. The van der Waals surface area contributed by atoms with Crippen LogP contribution < -0.4 is 26.3 Å². The van der Waals surface area contributed by atoms with Gasteiger partial charge in [0.05, 0.1) is 24.5 Å². The summed E-state index contributed by atoms with van der Waals surface area (Å²) in [6.07, 6.45) is 4.40. The maximum atomic E-state index is 13.2. The number of rotatable bonds is 12. The molecule has 5 heterocycles. The van der Waals surface area contributed by atoms with Crippen molar-refractivity contribution in [3.05, 3.63) is 82.3 Å². The van der Waals surface area contributed by atoms with E-state index in [1.165, 1.54) is 30.3 Å².